The highest BCUT2D eigenvalue weighted by Crippen LogP contribution is 2.28. The summed E-state index contributed by atoms with van der Waals surface area (Å²) in [6.07, 6.45) is 1.29. The summed E-state index contributed by atoms with van der Waals surface area (Å²) in [7, 11) is 0. The van der Waals surface area contributed by atoms with E-state index in [1.807, 2.05) is 19.1 Å². The van der Waals surface area contributed by atoms with Crippen molar-refractivity contribution in [1.29, 1.82) is 0 Å². The number of carbonyl (C=O) groups excluding carboxylic acids is 1. The minimum atomic E-state index is -5.08. The lowest BCUT2D eigenvalue weighted by Gasteiger charge is -2.20. The van der Waals surface area contributed by atoms with E-state index in [1.165, 1.54) is 10.8 Å². The minimum absolute atomic E-state index is 0.313. The topological polar surface area (TPSA) is 103 Å². The Morgan fingerprint density at radius 3 is 2.29 bits per heavy atom. The van der Waals surface area contributed by atoms with E-state index in [0.717, 1.165) is 30.5 Å². The molecule has 0 radical (unpaired) electrons. The van der Waals surface area contributed by atoms with E-state index in [1.54, 1.807) is 13.1 Å². The number of ketones is 1. The van der Waals surface area contributed by atoms with Crippen LogP contribution in [0, 0.1) is 0 Å². The van der Waals surface area contributed by atoms with Gasteiger partial charge in [-0.2, -0.15) is 13.2 Å². The van der Waals surface area contributed by atoms with E-state index < -0.39 is 17.7 Å². The molecule has 0 spiro atoms. The first-order valence-electron chi connectivity index (χ1n) is 11.0. The summed E-state index contributed by atoms with van der Waals surface area (Å²) >= 11 is 0. The van der Waals surface area contributed by atoms with Gasteiger partial charge in [0.05, 0.1) is 11.9 Å². The van der Waals surface area contributed by atoms with Crippen LogP contribution in [-0.4, -0.2) is 38.1 Å². The number of Topliss-reactive ketones (excluding diaryl/α,β-unsaturated/α-hetero) is 1. The van der Waals surface area contributed by atoms with Gasteiger partial charge in [0.25, 0.3) is 0 Å². The Morgan fingerprint density at radius 2 is 1.68 bits per heavy atom. The van der Waals surface area contributed by atoms with E-state index in [4.69, 9.17) is 9.90 Å². The van der Waals surface area contributed by atoms with E-state index in [2.05, 4.69) is 40.3 Å². The monoisotopic (exact) mass is 478 g/mol. The predicted octanol–water partition coefficient (Wildman–Crippen LogP) is 6.00. The average Bonchev–Trinajstić information content (AvgIpc) is 3.29. The number of unbranched alkanes of at least 4 members (excludes halogenated alkanes) is 2. The molecule has 3 aromatic rings. The smallest absolute Gasteiger partial charge is 0.475 e. The lowest BCUT2D eigenvalue weighted by Crippen LogP contribution is -2.22. The number of fused-ring (bicyclic) bond motifs is 1. The quantitative estimate of drug-likeness (QED) is 0.327. The molecule has 1 unspecified atom stereocenters. The molecule has 34 heavy (non-hydrogen) atoms. The van der Waals surface area contributed by atoms with Crippen LogP contribution in [0.15, 0.2) is 48.7 Å². The molecule has 3 N–H and O–H groups in total. The van der Waals surface area contributed by atoms with Gasteiger partial charge < -0.3 is 15.2 Å². The lowest BCUT2D eigenvalue weighted by atomic mass is 9.97. The van der Waals surface area contributed by atoms with Gasteiger partial charge in [-0.25, -0.2) is 9.78 Å². The van der Waals surface area contributed by atoms with Crippen molar-refractivity contribution >= 4 is 22.5 Å². The molecule has 184 valence electrons. The number of aromatic nitrogens is 2. The Morgan fingerprint density at radius 1 is 1.03 bits per heavy atom. The number of H-pyrrole nitrogens is 1. The Bertz CT molecular complexity index is 1110. The number of carboxylic acid groups (broad SMARTS) is 1. The van der Waals surface area contributed by atoms with Crippen molar-refractivity contribution in [2.45, 2.75) is 64.1 Å². The van der Waals surface area contributed by atoms with E-state index in [0.29, 0.717) is 30.9 Å². The average molecular weight is 479 g/mol. The number of alkyl halides is 3. The zero-order valence-electron chi connectivity index (χ0n) is 19.2. The van der Waals surface area contributed by atoms with Crippen molar-refractivity contribution in [3.63, 3.8) is 0 Å². The third-order valence-corrected chi connectivity index (χ3v) is 5.40. The van der Waals surface area contributed by atoms with E-state index in [-0.39, 0.29) is 0 Å². The second kappa shape index (κ2) is 11.8. The van der Waals surface area contributed by atoms with Gasteiger partial charge >= 0.3 is 12.1 Å². The van der Waals surface area contributed by atoms with Crippen LogP contribution in [0.1, 0.15) is 58.2 Å². The van der Waals surface area contributed by atoms with Gasteiger partial charge in [-0.3, -0.25) is 4.79 Å². The van der Waals surface area contributed by atoms with Crippen molar-refractivity contribution in [2.75, 3.05) is 0 Å². The van der Waals surface area contributed by atoms with Crippen LogP contribution in [0.3, 0.4) is 0 Å². The van der Waals surface area contributed by atoms with Crippen molar-refractivity contribution in [1.82, 2.24) is 9.97 Å². The number of carboxylic acids is 1. The van der Waals surface area contributed by atoms with Crippen LogP contribution in [0.2, 0.25) is 0 Å². The Labute approximate surface area is 195 Å². The fourth-order valence-corrected chi connectivity index (χ4v) is 3.36. The van der Waals surface area contributed by atoms with Gasteiger partial charge in [0.15, 0.2) is 0 Å². The van der Waals surface area contributed by atoms with Gasteiger partial charge in [-0.05, 0) is 36.6 Å². The van der Waals surface area contributed by atoms with Gasteiger partial charge in [0, 0.05) is 18.4 Å². The molecule has 0 saturated carbocycles. The number of benzene rings is 2. The van der Waals surface area contributed by atoms with Gasteiger partial charge in [-0.15, -0.1) is 0 Å². The first-order valence-corrected chi connectivity index (χ1v) is 11.0. The zero-order chi connectivity index (χ0) is 25.4. The third kappa shape index (κ3) is 7.98. The molecule has 3 rings (SSSR count). The maximum absolute atomic E-state index is 11.3. The maximum Gasteiger partial charge on any atom is 0.490 e. The van der Waals surface area contributed by atoms with Gasteiger partial charge in [-0.1, -0.05) is 56.2 Å². The number of halogens is 3. The molecule has 0 amide bonds. The van der Waals surface area contributed by atoms with E-state index >= 15 is 0 Å². The van der Waals surface area contributed by atoms with Crippen molar-refractivity contribution in [3.05, 3.63) is 54.5 Å². The fraction of sp³-hybridized carbons (Fsp3) is 0.400. The largest absolute Gasteiger partial charge is 0.490 e. The summed E-state index contributed by atoms with van der Waals surface area (Å²) in [5, 5.41) is 20.3. The molecule has 0 aliphatic rings. The SMILES string of the molecule is CCC(=O)CCCCCC(C)(O)c1ncc(-c2ccc3ccccc3c2)[nH]1.O=C(O)C(F)(F)F. The molecule has 1 heterocycles. The van der Waals surface area contributed by atoms with Crippen molar-refractivity contribution < 1.29 is 33.0 Å². The second-order valence-electron chi connectivity index (χ2n) is 8.24. The van der Waals surface area contributed by atoms with Crippen LogP contribution in [-0.2, 0) is 15.2 Å². The Balaban J connectivity index is 0.000000509. The third-order valence-electron chi connectivity index (χ3n) is 5.40. The number of aromatic amines is 1. The van der Waals surface area contributed by atoms with Crippen molar-refractivity contribution in [3.8, 4) is 11.3 Å². The number of carbonyl (C=O) groups is 2. The number of aliphatic carboxylic acids is 1. The number of hydrogen-bond donors (Lipinski definition) is 3. The summed E-state index contributed by atoms with van der Waals surface area (Å²) in [6, 6.07) is 14.5. The van der Waals surface area contributed by atoms with Crippen LogP contribution < -0.4 is 0 Å². The summed E-state index contributed by atoms with van der Waals surface area (Å²) in [5.74, 6) is -1.85. The van der Waals surface area contributed by atoms with Gasteiger partial charge in [0.1, 0.15) is 17.2 Å². The first-order chi connectivity index (χ1) is 15.9. The van der Waals surface area contributed by atoms with Crippen molar-refractivity contribution in [2.24, 2.45) is 0 Å². The molecule has 6 nitrogen and oxygen atoms in total. The second-order valence-corrected chi connectivity index (χ2v) is 8.24. The normalized spacial score (nSPS) is 13.1. The van der Waals surface area contributed by atoms with Crippen LogP contribution in [0.4, 0.5) is 13.2 Å². The highest BCUT2D eigenvalue weighted by atomic mass is 19.4. The Kier molecular flexibility index (Phi) is 9.37. The standard InChI is InChI=1S/C23H28N2O2.C2HF3O2/c1-3-20(26)11-5-4-8-14-23(2,27)22-24-16-21(25-22)19-13-12-17-9-6-7-10-18(17)15-19;3-2(4,5)1(6)7/h6-7,9-10,12-13,15-16,27H,3-5,8,11,14H2,1-2H3,(H,24,25);(H,6,7). The number of nitrogens with one attached hydrogen (secondary N) is 1. The van der Waals surface area contributed by atoms with Crippen LogP contribution in [0.5, 0.6) is 0 Å². The number of hydrogen-bond acceptors (Lipinski definition) is 4. The number of rotatable bonds is 9. The number of nitrogens with zero attached hydrogens (tertiary/aromatic N) is 1. The predicted molar refractivity (Wildman–Crippen MR) is 123 cm³/mol. The maximum atomic E-state index is 11.3. The molecule has 9 heteroatoms. The fourth-order valence-electron chi connectivity index (χ4n) is 3.36. The van der Waals surface area contributed by atoms with E-state index in [9.17, 15) is 23.1 Å². The molecule has 0 fully saturated rings. The summed E-state index contributed by atoms with van der Waals surface area (Å²) in [4.78, 5) is 28.0. The molecular weight excluding hydrogens is 449 g/mol. The first kappa shape index (κ1) is 27.0. The minimum Gasteiger partial charge on any atom is -0.475 e. The summed E-state index contributed by atoms with van der Waals surface area (Å²) < 4.78 is 31.7. The Hall–Kier alpha value is -3.20. The molecule has 0 aliphatic carbocycles. The zero-order valence-corrected chi connectivity index (χ0v) is 19.2. The highest BCUT2D eigenvalue weighted by molar-refractivity contribution is 5.86. The lowest BCUT2D eigenvalue weighted by molar-refractivity contribution is -0.192. The number of aliphatic hydroxyl groups is 1. The molecule has 1 atom stereocenters. The van der Waals surface area contributed by atoms with Crippen LogP contribution in [0.25, 0.3) is 22.0 Å². The molecule has 0 saturated heterocycles. The molecule has 1 aromatic heterocycles. The highest BCUT2D eigenvalue weighted by Gasteiger charge is 2.38. The summed E-state index contributed by atoms with van der Waals surface area (Å²) in [6.45, 7) is 3.70. The summed E-state index contributed by atoms with van der Waals surface area (Å²) in [5.41, 5.74) is 0.968. The molecule has 0 bridgehead atoms. The van der Waals surface area contributed by atoms with Crippen LogP contribution >= 0.6 is 0 Å². The molecular formula is C25H29F3N2O4. The number of imidazole rings is 1. The molecule has 2 aromatic carbocycles. The molecule has 0 aliphatic heterocycles. The van der Waals surface area contributed by atoms with Gasteiger partial charge in [0.2, 0.25) is 0 Å².